The number of unbranched alkanes of at least 4 members (excludes halogenated alkanes) is 1. The second-order valence-electron chi connectivity index (χ2n) is 3.18. The molecule has 0 spiro atoms. The molecule has 0 saturated heterocycles. The first kappa shape index (κ1) is 12.2. The predicted octanol–water partition coefficient (Wildman–Crippen LogP) is 1.05. The number of primary amides is 1. The summed E-state index contributed by atoms with van der Waals surface area (Å²) >= 11 is 0. The molecule has 4 heteroatoms. The van der Waals surface area contributed by atoms with Crippen LogP contribution in [0.4, 0.5) is 4.39 Å². The average molecular weight is 221 g/mol. The summed E-state index contributed by atoms with van der Waals surface area (Å²) in [6, 6.07) is 3.65. The summed E-state index contributed by atoms with van der Waals surface area (Å²) in [6.45, 7) is 0.0561. The molecule has 0 radical (unpaired) electrons. The van der Waals surface area contributed by atoms with Gasteiger partial charge in [-0.25, -0.2) is 4.39 Å². The minimum atomic E-state index is -0.633. The van der Waals surface area contributed by atoms with Crippen molar-refractivity contribution in [1.82, 2.24) is 0 Å². The summed E-state index contributed by atoms with van der Waals surface area (Å²) in [7, 11) is 0. The Hall–Kier alpha value is -1.86. The molecular formula is C12H12FNO2. The maximum Gasteiger partial charge on any atom is 0.249 e. The van der Waals surface area contributed by atoms with Crippen molar-refractivity contribution in [3.63, 3.8) is 0 Å². The summed E-state index contributed by atoms with van der Waals surface area (Å²) in [5.74, 6) is 4.31. The largest absolute Gasteiger partial charge is 0.396 e. The highest BCUT2D eigenvalue weighted by atomic mass is 19.1. The van der Waals surface area contributed by atoms with Crippen molar-refractivity contribution in [1.29, 1.82) is 0 Å². The second kappa shape index (κ2) is 5.89. The molecule has 0 unspecified atom stereocenters. The van der Waals surface area contributed by atoms with E-state index in [1.807, 2.05) is 0 Å². The molecule has 3 N–H and O–H groups in total. The van der Waals surface area contributed by atoms with Crippen LogP contribution in [-0.2, 0) is 0 Å². The number of rotatable bonds is 3. The Morgan fingerprint density at radius 3 is 2.88 bits per heavy atom. The number of aliphatic hydroxyl groups excluding tert-OH is 1. The van der Waals surface area contributed by atoms with E-state index in [-0.39, 0.29) is 17.7 Å². The number of carbonyl (C=O) groups excluding carboxylic acids is 1. The van der Waals surface area contributed by atoms with Crippen LogP contribution in [0.5, 0.6) is 0 Å². The quantitative estimate of drug-likeness (QED) is 0.592. The molecule has 0 saturated carbocycles. The Morgan fingerprint density at radius 1 is 1.50 bits per heavy atom. The van der Waals surface area contributed by atoms with Gasteiger partial charge in [0.15, 0.2) is 0 Å². The van der Waals surface area contributed by atoms with Gasteiger partial charge in [-0.1, -0.05) is 11.8 Å². The van der Waals surface area contributed by atoms with Gasteiger partial charge in [0.25, 0.3) is 0 Å². The molecule has 0 aliphatic rings. The predicted molar refractivity (Wildman–Crippen MR) is 58.1 cm³/mol. The van der Waals surface area contributed by atoms with E-state index in [1.165, 1.54) is 18.2 Å². The van der Waals surface area contributed by atoms with Crippen molar-refractivity contribution in [2.45, 2.75) is 12.8 Å². The van der Waals surface area contributed by atoms with E-state index < -0.39 is 11.7 Å². The molecule has 3 nitrogen and oxygen atoms in total. The van der Waals surface area contributed by atoms with E-state index in [2.05, 4.69) is 11.8 Å². The Kier molecular flexibility index (Phi) is 4.49. The second-order valence-corrected chi connectivity index (χ2v) is 3.18. The van der Waals surface area contributed by atoms with E-state index in [0.717, 1.165) is 0 Å². The summed E-state index contributed by atoms with van der Waals surface area (Å²) in [6.07, 6.45) is 1.04. The van der Waals surface area contributed by atoms with Crippen LogP contribution in [0.2, 0.25) is 0 Å². The third-order valence-corrected chi connectivity index (χ3v) is 1.93. The molecule has 0 aromatic heterocycles. The number of hydrogen-bond acceptors (Lipinski definition) is 2. The molecule has 0 fully saturated rings. The summed E-state index contributed by atoms with van der Waals surface area (Å²) < 4.78 is 12.9. The van der Waals surface area contributed by atoms with Crippen LogP contribution < -0.4 is 5.73 Å². The molecule has 1 rings (SSSR count). The van der Waals surface area contributed by atoms with Crippen LogP contribution in [0.1, 0.15) is 28.8 Å². The van der Waals surface area contributed by atoms with Crippen LogP contribution in [0.3, 0.4) is 0 Å². The molecule has 1 aromatic rings. The Bertz CT molecular complexity index is 446. The Balaban J connectivity index is 2.95. The van der Waals surface area contributed by atoms with Crippen LogP contribution in [0.15, 0.2) is 18.2 Å². The first-order chi connectivity index (χ1) is 7.65. The third-order valence-electron chi connectivity index (χ3n) is 1.93. The van der Waals surface area contributed by atoms with Crippen molar-refractivity contribution in [3.05, 3.63) is 35.1 Å². The molecule has 16 heavy (non-hydrogen) atoms. The fraction of sp³-hybridized carbons (Fsp3) is 0.250. The molecule has 0 bridgehead atoms. The van der Waals surface area contributed by atoms with Gasteiger partial charge in [0.2, 0.25) is 5.91 Å². The number of carbonyl (C=O) groups is 1. The lowest BCUT2D eigenvalue weighted by atomic mass is 10.1. The van der Waals surface area contributed by atoms with Crippen molar-refractivity contribution >= 4 is 5.91 Å². The molecule has 1 amide bonds. The van der Waals surface area contributed by atoms with Crippen molar-refractivity contribution in [3.8, 4) is 11.8 Å². The zero-order chi connectivity index (χ0) is 12.0. The number of benzene rings is 1. The molecule has 0 aliphatic heterocycles. The number of halogens is 1. The number of nitrogens with two attached hydrogens (primary N) is 1. The standard InChI is InChI=1S/C12H12FNO2/c13-10-5-6-11(12(14)16)9(8-10)4-2-1-3-7-15/h5-6,8,15H,1,3,7H2,(H2,14,16). The van der Waals surface area contributed by atoms with Crippen molar-refractivity contribution in [2.24, 2.45) is 5.73 Å². The molecule has 0 aliphatic carbocycles. The van der Waals surface area contributed by atoms with E-state index in [1.54, 1.807) is 0 Å². The van der Waals surface area contributed by atoms with Gasteiger partial charge in [-0.2, -0.15) is 0 Å². The highest BCUT2D eigenvalue weighted by molar-refractivity contribution is 5.95. The fourth-order valence-corrected chi connectivity index (χ4v) is 1.16. The summed E-state index contributed by atoms with van der Waals surface area (Å²) in [5.41, 5.74) is 5.62. The SMILES string of the molecule is NC(=O)c1ccc(F)cc1C#CCCCO. The third kappa shape index (κ3) is 3.37. The lowest BCUT2D eigenvalue weighted by Crippen LogP contribution is -2.12. The van der Waals surface area contributed by atoms with Gasteiger partial charge in [0.05, 0.1) is 5.56 Å². The van der Waals surface area contributed by atoms with E-state index in [4.69, 9.17) is 10.8 Å². The van der Waals surface area contributed by atoms with Crippen molar-refractivity contribution in [2.75, 3.05) is 6.61 Å². The van der Waals surface area contributed by atoms with Gasteiger partial charge >= 0.3 is 0 Å². The fourth-order valence-electron chi connectivity index (χ4n) is 1.16. The zero-order valence-corrected chi connectivity index (χ0v) is 8.66. The highest BCUT2D eigenvalue weighted by Gasteiger charge is 2.06. The van der Waals surface area contributed by atoms with Gasteiger partial charge in [0.1, 0.15) is 5.82 Å². The van der Waals surface area contributed by atoms with E-state index >= 15 is 0 Å². The van der Waals surface area contributed by atoms with E-state index in [0.29, 0.717) is 12.8 Å². The maximum absolute atomic E-state index is 12.9. The van der Waals surface area contributed by atoms with Gasteiger partial charge in [-0.3, -0.25) is 4.79 Å². The van der Waals surface area contributed by atoms with Gasteiger partial charge in [0, 0.05) is 18.6 Å². The summed E-state index contributed by atoms with van der Waals surface area (Å²) in [5, 5.41) is 8.55. The molecule has 0 heterocycles. The van der Waals surface area contributed by atoms with E-state index in [9.17, 15) is 9.18 Å². The topological polar surface area (TPSA) is 63.3 Å². The molecule has 1 aromatic carbocycles. The van der Waals surface area contributed by atoms with Gasteiger partial charge in [-0.05, 0) is 24.6 Å². The average Bonchev–Trinajstić information content (AvgIpc) is 2.24. The summed E-state index contributed by atoms with van der Waals surface area (Å²) in [4.78, 5) is 11.0. The van der Waals surface area contributed by atoms with Crippen LogP contribution in [0.25, 0.3) is 0 Å². The monoisotopic (exact) mass is 221 g/mol. The first-order valence-corrected chi connectivity index (χ1v) is 4.84. The molecule has 84 valence electrons. The normalized spacial score (nSPS) is 9.38. The van der Waals surface area contributed by atoms with Crippen molar-refractivity contribution < 1.29 is 14.3 Å². The van der Waals surface area contributed by atoms with Crippen LogP contribution in [-0.4, -0.2) is 17.6 Å². The molecular weight excluding hydrogens is 209 g/mol. The minimum Gasteiger partial charge on any atom is -0.396 e. The minimum absolute atomic E-state index is 0.0561. The van der Waals surface area contributed by atoms with Crippen LogP contribution >= 0.6 is 0 Å². The van der Waals surface area contributed by atoms with Gasteiger partial charge in [-0.15, -0.1) is 0 Å². The van der Waals surface area contributed by atoms with Gasteiger partial charge < -0.3 is 10.8 Å². The first-order valence-electron chi connectivity index (χ1n) is 4.84. The number of aliphatic hydroxyl groups is 1. The highest BCUT2D eigenvalue weighted by Crippen LogP contribution is 2.09. The Labute approximate surface area is 93.1 Å². The number of amides is 1. The Morgan fingerprint density at radius 2 is 2.25 bits per heavy atom. The smallest absolute Gasteiger partial charge is 0.249 e. The lowest BCUT2D eigenvalue weighted by Gasteiger charge is -1.99. The van der Waals surface area contributed by atoms with Crippen LogP contribution in [0, 0.1) is 17.7 Å². The lowest BCUT2D eigenvalue weighted by molar-refractivity contribution is 0.1000. The maximum atomic E-state index is 12.9. The number of hydrogen-bond donors (Lipinski definition) is 2. The molecule has 0 atom stereocenters. The zero-order valence-electron chi connectivity index (χ0n) is 8.66.